The highest BCUT2D eigenvalue weighted by atomic mass is 16.5. The van der Waals surface area contributed by atoms with E-state index in [-0.39, 0.29) is 18.3 Å². The molecule has 2 aromatic rings. The number of Topliss-reactive ketones (excluding diaryl/α,β-unsaturated/α-hetero) is 1. The zero-order valence-corrected chi connectivity index (χ0v) is 15.4. The van der Waals surface area contributed by atoms with Crippen molar-refractivity contribution in [1.82, 2.24) is 0 Å². The number of rotatable bonds is 8. The van der Waals surface area contributed by atoms with E-state index in [2.05, 4.69) is 5.32 Å². The molecule has 1 N–H and O–H groups in total. The maximum Gasteiger partial charge on any atom is 0.338 e. The van der Waals surface area contributed by atoms with E-state index in [1.165, 1.54) is 14.0 Å². The number of ketones is 1. The second-order valence-electron chi connectivity index (χ2n) is 5.56. The minimum atomic E-state index is -0.417. The van der Waals surface area contributed by atoms with Crippen LogP contribution in [0.15, 0.2) is 42.5 Å². The van der Waals surface area contributed by atoms with Gasteiger partial charge < -0.3 is 19.5 Å². The summed E-state index contributed by atoms with van der Waals surface area (Å²) in [7, 11) is 1.46. The van der Waals surface area contributed by atoms with Crippen molar-refractivity contribution in [2.45, 2.75) is 13.8 Å². The lowest BCUT2D eigenvalue weighted by Gasteiger charge is -2.12. The van der Waals surface area contributed by atoms with Crippen molar-refractivity contribution in [3.05, 3.63) is 53.6 Å². The quantitative estimate of drug-likeness (QED) is 0.566. The van der Waals surface area contributed by atoms with Crippen LogP contribution in [0.3, 0.4) is 0 Å². The largest absolute Gasteiger partial charge is 0.493 e. The van der Waals surface area contributed by atoms with E-state index < -0.39 is 5.97 Å². The van der Waals surface area contributed by atoms with Crippen molar-refractivity contribution in [3.8, 4) is 11.5 Å². The molecule has 0 heterocycles. The standard InChI is InChI=1S/C20H21NO6/c1-4-26-20(24)14-5-8-16(9-6-14)21-19(23)12-27-17-10-7-15(13(2)22)11-18(17)25-3/h5-11H,4,12H2,1-3H3,(H,21,23). The molecule has 1 amide bonds. The number of nitrogens with one attached hydrogen (secondary N) is 1. The molecular weight excluding hydrogens is 350 g/mol. The Hall–Kier alpha value is -3.35. The summed E-state index contributed by atoms with van der Waals surface area (Å²) in [5, 5.41) is 2.67. The fraction of sp³-hybridized carbons (Fsp3) is 0.250. The lowest BCUT2D eigenvalue weighted by molar-refractivity contribution is -0.118. The fourth-order valence-corrected chi connectivity index (χ4v) is 2.25. The summed E-state index contributed by atoms with van der Waals surface area (Å²) in [4.78, 5) is 35.1. The summed E-state index contributed by atoms with van der Waals surface area (Å²) in [6, 6.07) is 11.1. The van der Waals surface area contributed by atoms with Crippen molar-refractivity contribution in [2.24, 2.45) is 0 Å². The molecule has 0 radical (unpaired) electrons. The van der Waals surface area contributed by atoms with Gasteiger partial charge in [-0.25, -0.2) is 4.79 Å². The number of benzene rings is 2. The van der Waals surface area contributed by atoms with Crippen LogP contribution in [0.1, 0.15) is 34.6 Å². The molecule has 7 nitrogen and oxygen atoms in total. The normalized spacial score (nSPS) is 10.0. The van der Waals surface area contributed by atoms with Gasteiger partial charge in [-0.2, -0.15) is 0 Å². The number of amides is 1. The molecule has 0 bridgehead atoms. The Labute approximate surface area is 157 Å². The Morgan fingerprint density at radius 2 is 1.63 bits per heavy atom. The van der Waals surface area contributed by atoms with Gasteiger partial charge in [-0.05, 0) is 56.3 Å². The highest BCUT2D eigenvalue weighted by molar-refractivity contribution is 5.95. The van der Waals surface area contributed by atoms with Crippen LogP contribution in [0.2, 0.25) is 0 Å². The van der Waals surface area contributed by atoms with Crippen LogP contribution < -0.4 is 14.8 Å². The van der Waals surface area contributed by atoms with E-state index in [0.717, 1.165) is 0 Å². The zero-order chi connectivity index (χ0) is 19.8. The van der Waals surface area contributed by atoms with Gasteiger partial charge in [0.25, 0.3) is 5.91 Å². The summed E-state index contributed by atoms with van der Waals surface area (Å²) < 4.78 is 15.6. The van der Waals surface area contributed by atoms with Gasteiger partial charge in [0.2, 0.25) is 0 Å². The van der Waals surface area contributed by atoms with Gasteiger partial charge in [0.15, 0.2) is 23.9 Å². The number of esters is 1. The summed E-state index contributed by atoms with van der Waals surface area (Å²) >= 11 is 0. The van der Waals surface area contributed by atoms with Crippen molar-refractivity contribution >= 4 is 23.3 Å². The van der Waals surface area contributed by atoms with Crippen LogP contribution in [0.25, 0.3) is 0 Å². The number of hydrogen-bond acceptors (Lipinski definition) is 6. The minimum absolute atomic E-state index is 0.0936. The average molecular weight is 371 g/mol. The number of carbonyl (C=O) groups is 3. The SMILES string of the molecule is CCOC(=O)c1ccc(NC(=O)COc2ccc(C(C)=O)cc2OC)cc1. The monoisotopic (exact) mass is 371 g/mol. The third-order valence-electron chi connectivity index (χ3n) is 3.61. The molecule has 0 aliphatic heterocycles. The Balaban J connectivity index is 1.94. The molecule has 2 aromatic carbocycles. The highest BCUT2D eigenvalue weighted by Gasteiger charge is 2.11. The van der Waals surface area contributed by atoms with Gasteiger partial charge in [0.05, 0.1) is 19.3 Å². The van der Waals surface area contributed by atoms with Gasteiger partial charge in [-0.1, -0.05) is 0 Å². The van der Waals surface area contributed by atoms with E-state index >= 15 is 0 Å². The van der Waals surface area contributed by atoms with Crippen molar-refractivity contribution in [2.75, 3.05) is 25.6 Å². The maximum atomic E-state index is 12.1. The van der Waals surface area contributed by atoms with Crippen LogP contribution >= 0.6 is 0 Å². The molecule has 0 aromatic heterocycles. The molecule has 0 saturated heterocycles. The van der Waals surface area contributed by atoms with Crippen molar-refractivity contribution < 1.29 is 28.6 Å². The first-order valence-electron chi connectivity index (χ1n) is 8.33. The first-order chi connectivity index (χ1) is 12.9. The predicted molar refractivity (Wildman–Crippen MR) is 99.5 cm³/mol. The van der Waals surface area contributed by atoms with Crippen LogP contribution in [0, 0.1) is 0 Å². The van der Waals surface area contributed by atoms with Gasteiger partial charge in [-0.3, -0.25) is 9.59 Å². The summed E-state index contributed by atoms with van der Waals surface area (Å²) in [6.45, 7) is 3.24. The van der Waals surface area contributed by atoms with E-state index in [9.17, 15) is 14.4 Å². The average Bonchev–Trinajstić information content (AvgIpc) is 2.66. The Bertz CT molecular complexity index is 829. The molecule has 0 aliphatic carbocycles. The molecule has 0 spiro atoms. The maximum absolute atomic E-state index is 12.1. The lowest BCUT2D eigenvalue weighted by Crippen LogP contribution is -2.20. The second-order valence-corrected chi connectivity index (χ2v) is 5.56. The molecule has 0 aliphatic rings. The number of carbonyl (C=O) groups excluding carboxylic acids is 3. The molecule has 2 rings (SSSR count). The Morgan fingerprint density at radius 1 is 0.963 bits per heavy atom. The molecule has 142 valence electrons. The predicted octanol–water partition coefficient (Wildman–Crippen LogP) is 3.09. The Morgan fingerprint density at radius 3 is 2.22 bits per heavy atom. The number of hydrogen-bond donors (Lipinski definition) is 1. The third-order valence-corrected chi connectivity index (χ3v) is 3.61. The van der Waals surface area contributed by atoms with Crippen LogP contribution in [0.4, 0.5) is 5.69 Å². The topological polar surface area (TPSA) is 90.9 Å². The third kappa shape index (κ3) is 5.57. The lowest BCUT2D eigenvalue weighted by atomic mass is 10.1. The molecule has 0 unspecified atom stereocenters. The van der Waals surface area contributed by atoms with E-state index in [1.807, 2.05) is 0 Å². The molecule has 7 heteroatoms. The summed E-state index contributed by atoms with van der Waals surface area (Å²) in [5.74, 6) is -0.162. The molecular formula is C20H21NO6. The van der Waals surface area contributed by atoms with E-state index in [0.29, 0.717) is 34.9 Å². The van der Waals surface area contributed by atoms with Gasteiger partial charge in [-0.15, -0.1) is 0 Å². The minimum Gasteiger partial charge on any atom is -0.493 e. The highest BCUT2D eigenvalue weighted by Crippen LogP contribution is 2.28. The molecule has 0 saturated carbocycles. The fourth-order valence-electron chi connectivity index (χ4n) is 2.25. The van der Waals surface area contributed by atoms with E-state index in [1.54, 1.807) is 49.4 Å². The van der Waals surface area contributed by atoms with E-state index in [4.69, 9.17) is 14.2 Å². The molecule has 0 atom stereocenters. The van der Waals surface area contributed by atoms with Crippen LogP contribution in [0.5, 0.6) is 11.5 Å². The number of anilines is 1. The first-order valence-corrected chi connectivity index (χ1v) is 8.33. The van der Waals surface area contributed by atoms with Crippen LogP contribution in [-0.2, 0) is 9.53 Å². The molecule has 27 heavy (non-hydrogen) atoms. The second kappa shape index (κ2) is 9.38. The summed E-state index contributed by atoms with van der Waals surface area (Å²) in [5.41, 5.74) is 1.42. The zero-order valence-electron chi connectivity index (χ0n) is 15.4. The first kappa shape index (κ1) is 20.0. The van der Waals surface area contributed by atoms with Crippen molar-refractivity contribution in [1.29, 1.82) is 0 Å². The number of methoxy groups -OCH3 is 1. The van der Waals surface area contributed by atoms with Crippen molar-refractivity contribution in [3.63, 3.8) is 0 Å². The van der Waals surface area contributed by atoms with Gasteiger partial charge in [0, 0.05) is 11.3 Å². The Kier molecular flexibility index (Phi) is 6.93. The smallest absolute Gasteiger partial charge is 0.338 e. The molecule has 0 fully saturated rings. The van der Waals surface area contributed by atoms with Crippen LogP contribution in [-0.4, -0.2) is 38.0 Å². The summed E-state index contributed by atoms with van der Waals surface area (Å²) in [6.07, 6.45) is 0. The van der Waals surface area contributed by atoms with Gasteiger partial charge in [0.1, 0.15) is 0 Å². The van der Waals surface area contributed by atoms with Gasteiger partial charge >= 0.3 is 5.97 Å². The number of ether oxygens (including phenoxy) is 3.